The van der Waals surface area contributed by atoms with Gasteiger partial charge >= 0.3 is 0 Å². The molecule has 0 spiro atoms. The van der Waals surface area contributed by atoms with Crippen molar-refractivity contribution in [1.82, 2.24) is 14.8 Å². The number of fused-ring (bicyclic) bond motifs is 1. The highest BCUT2D eigenvalue weighted by Gasteiger charge is 2.41. The van der Waals surface area contributed by atoms with Crippen molar-refractivity contribution < 1.29 is 9.18 Å². The van der Waals surface area contributed by atoms with Gasteiger partial charge in [-0.2, -0.15) is 4.98 Å². The van der Waals surface area contributed by atoms with Crippen LogP contribution in [0.1, 0.15) is 38.3 Å². The monoisotopic (exact) mass is 466 g/mol. The molecule has 1 aromatic heterocycles. The molecule has 5 nitrogen and oxygen atoms in total. The molecule has 0 fully saturated rings. The summed E-state index contributed by atoms with van der Waals surface area (Å²) in [5, 5.41) is 8.08. The number of nitrogens with zero attached hydrogens (tertiary/aromatic N) is 3. The van der Waals surface area contributed by atoms with Crippen LogP contribution >= 0.6 is 15.9 Å². The minimum absolute atomic E-state index is 0.116. The van der Waals surface area contributed by atoms with Gasteiger partial charge in [-0.05, 0) is 53.8 Å². The highest BCUT2D eigenvalue weighted by atomic mass is 79.9. The average molecular weight is 467 g/mol. The van der Waals surface area contributed by atoms with Crippen LogP contribution in [-0.4, -0.2) is 20.5 Å². The van der Waals surface area contributed by atoms with Gasteiger partial charge in [-0.1, -0.05) is 41.9 Å². The van der Waals surface area contributed by atoms with Gasteiger partial charge < -0.3 is 5.32 Å². The maximum absolute atomic E-state index is 13.4. The van der Waals surface area contributed by atoms with Gasteiger partial charge in [0.05, 0.1) is 0 Å². The van der Waals surface area contributed by atoms with E-state index in [1.54, 1.807) is 16.8 Å². The van der Waals surface area contributed by atoms with E-state index in [9.17, 15) is 9.18 Å². The molecule has 1 aliphatic carbocycles. The molecule has 2 heterocycles. The number of aromatic nitrogens is 3. The van der Waals surface area contributed by atoms with Gasteiger partial charge in [0.1, 0.15) is 11.9 Å². The van der Waals surface area contributed by atoms with Gasteiger partial charge in [-0.15, -0.1) is 5.10 Å². The number of halogens is 2. The molecule has 0 saturated carbocycles. The molecule has 30 heavy (non-hydrogen) atoms. The first-order valence-electron chi connectivity index (χ1n) is 9.82. The SMILES string of the molecule is CC1(C)CC(=O)C2=C(C1)Nc1nc(-c3ccc(F)cc3)nn1C2c1ccc(Br)cc1. The van der Waals surface area contributed by atoms with E-state index in [0.717, 1.165) is 33.3 Å². The summed E-state index contributed by atoms with van der Waals surface area (Å²) in [7, 11) is 0. The van der Waals surface area contributed by atoms with Gasteiger partial charge in [0.15, 0.2) is 11.6 Å². The van der Waals surface area contributed by atoms with Crippen molar-refractivity contribution in [2.75, 3.05) is 5.32 Å². The third-order valence-electron chi connectivity index (χ3n) is 5.62. The number of hydrogen-bond donors (Lipinski definition) is 1. The zero-order chi connectivity index (χ0) is 21.0. The molecule has 3 aromatic rings. The summed E-state index contributed by atoms with van der Waals surface area (Å²) < 4.78 is 16.1. The Morgan fingerprint density at radius 1 is 1.10 bits per heavy atom. The van der Waals surface area contributed by atoms with Gasteiger partial charge in [0.25, 0.3) is 0 Å². The van der Waals surface area contributed by atoms with Gasteiger partial charge in [-0.25, -0.2) is 9.07 Å². The van der Waals surface area contributed by atoms with Crippen LogP contribution in [0.5, 0.6) is 0 Å². The zero-order valence-electron chi connectivity index (χ0n) is 16.6. The van der Waals surface area contributed by atoms with Gasteiger partial charge in [-0.3, -0.25) is 4.79 Å². The number of rotatable bonds is 2. The van der Waals surface area contributed by atoms with Gasteiger partial charge in [0.2, 0.25) is 5.95 Å². The summed E-state index contributed by atoms with van der Waals surface area (Å²) in [6.45, 7) is 4.21. The van der Waals surface area contributed by atoms with Crippen LogP contribution in [0.2, 0.25) is 0 Å². The lowest BCUT2D eigenvalue weighted by Gasteiger charge is -2.38. The first kappa shape index (κ1) is 19.2. The van der Waals surface area contributed by atoms with Crippen molar-refractivity contribution in [3.63, 3.8) is 0 Å². The van der Waals surface area contributed by atoms with Crippen molar-refractivity contribution in [1.29, 1.82) is 0 Å². The van der Waals surface area contributed by atoms with Crippen molar-refractivity contribution in [2.45, 2.75) is 32.7 Å². The lowest BCUT2D eigenvalue weighted by Crippen LogP contribution is -2.36. The Morgan fingerprint density at radius 2 is 1.80 bits per heavy atom. The highest BCUT2D eigenvalue weighted by molar-refractivity contribution is 9.10. The van der Waals surface area contributed by atoms with Crippen LogP contribution in [-0.2, 0) is 4.79 Å². The molecule has 1 N–H and O–H groups in total. The van der Waals surface area contributed by atoms with E-state index in [1.807, 2.05) is 24.3 Å². The van der Waals surface area contributed by atoms with E-state index in [1.165, 1.54) is 12.1 Å². The Kier molecular flexibility index (Phi) is 4.39. The van der Waals surface area contributed by atoms with Crippen LogP contribution in [0, 0.1) is 11.2 Å². The first-order valence-corrected chi connectivity index (χ1v) is 10.6. The second kappa shape index (κ2) is 6.87. The molecule has 5 rings (SSSR count). The summed E-state index contributed by atoms with van der Waals surface area (Å²) >= 11 is 3.48. The number of carbonyl (C=O) groups is 1. The first-order chi connectivity index (χ1) is 14.3. The highest BCUT2D eigenvalue weighted by Crippen LogP contribution is 2.45. The zero-order valence-corrected chi connectivity index (χ0v) is 18.2. The summed E-state index contributed by atoms with van der Waals surface area (Å²) in [5.41, 5.74) is 3.24. The van der Waals surface area contributed by atoms with Crippen LogP contribution < -0.4 is 5.32 Å². The Morgan fingerprint density at radius 3 is 2.50 bits per heavy atom. The molecule has 2 aliphatic rings. The van der Waals surface area contributed by atoms with E-state index in [0.29, 0.717) is 18.2 Å². The average Bonchev–Trinajstić information content (AvgIpc) is 3.10. The lowest BCUT2D eigenvalue weighted by atomic mass is 9.73. The van der Waals surface area contributed by atoms with Crippen molar-refractivity contribution >= 4 is 27.7 Å². The van der Waals surface area contributed by atoms with E-state index >= 15 is 0 Å². The van der Waals surface area contributed by atoms with E-state index in [-0.39, 0.29) is 23.1 Å². The molecular weight excluding hydrogens is 447 g/mol. The molecule has 0 bridgehead atoms. The number of benzene rings is 2. The van der Waals surface area contributed by atoms with Crippen LogP contribution in [0.25, 0.3) is 11.4 Å². The van der Waals surface area contributed by atoms with E-state index < -0.39 is 0 Å². The second-order valence-corrected chi connectivity index (χ2v) is 9.54. The second-order valence-electron chi connectivity index (χ2n) is 8.62. The van der Waals surface area contributed by atoms with Crippen molar-refractivity contribution in [3.8, 4) is 11.4 Å². The minimum Gasteiger partial charge on any atom is -0.328 e. The number of ketones is 1. The fraction of sp³-hybridized carbons (Fsp3) is 0.261. The number of Topliss-reactive ketones (excluding diaryl/α,β-unsaturated/α-hetero) is 1. The summed E-state index contributed by atoms with van der Waals surface area (Å²) in [4.78, 5) is 17.9. The molecule has 0 saturated heterocycles. The fourth-order valence-corrected chi connectivity index (χ4v) is 4.55. The van der Waals surface area contributed by atoms with Crippen molar-refractivity contribution in [3.05, 3.63) is 75.7 Å². The summed E-state index contributed by atoms with van der Waals surface area (Å²) in [6.07, 6.45) is 1.26. The van der Waals surface area contributed by atoms with Crippen LogP contribution in [0.15, 0.2) is 64.3 Å². The van der Waals surface area contributed by atoms with Crippen LogP contribution in [0.4, 0.5) is 10.3 Å². The largest absolute Gasteiger partial charge is 0.328 e. The fourth-order valence-electron chi connectivity index (χ4n) is 4.28. The molecule has 0 radical (unpaired) electrons. The van der Waals surface area contributed by atoms with E-state index in [2.05, 4.69) is 40.1 Å². The third kappa shape index (κ3) is 3.27. The number of nitrogens with one attached hydrogen (secondary N) is 1. The predicted molar refractivity (Wildman–Crippen MR) is 116 cm³/mol. The molecule has 1 atom stereocenters. The van der Waals surface area contributed by atoms with Crippen LogP contribution in [0.3, 0.4) is 0 Å². The smallest absolute Gasteiger partial charge is 0.226 e. The lowest BCUT2D eigenvalue weighted by molar-refractivity contribution is -0.118. The summed E-state index contributed by atoms with van der Waals surface area (Å²) in [5.74, 6) is 0.905. The third-order valence-corrected chi connectivity index (χ3v) is 6.15. The molecule has 7 heteroatoms. The van der Waals surface area contributed by atoms with Gasteiger partial charge in [0, 0.05) is 27.7 Å². The molecular formula is C23H20BrFN4O. The minimum atomic E-state index is -0.352. The Labute approximate surface area is 182 Å². The molecule has 152 valence electrons. The Balaban J connectivity index is 1.67. The molecule has 2 aromatic carbocycles. The number of carbonyl (C=O) groups excluding carboxylic acids is 1. The molecule has 1 unspecified atom stereocenters. The topological polar surface area (TPSA) is 59.8 Å². The maximum atomic E-state index is 13.4. The normalized spacial score (nSPS) is 19.9. The molecule has 0 amide bonds. The molecule has 1 aliphatic heterocycles. The Bertz CT molecular complexity index is 1180. The quantitative estimate of drug-likeness (QED) is 0.541. The van der Waals surface area contributed by atoms with E-state index in [4.69, 9.17) is 5.10 Å². The predicted octanol–water partition coefficient (Wildman–Crippen LogP) is 5.50. The number of hydrogen-bond acceptors (Lipinski definition) is 4. The number of allylic oxidation sites excluding steroid dienone is 2. The van der Waals surface area contributed by atoms with Crippen molar-refractivity contribution in [2.24, 2.45) is 5.41 Å². The standard InChI is InChI=1S/C23H20BrFN4O/c1-23(2)11-17-19(18(30)12-23)20(13-3-7-15(24)8-4-13)29-22(26-17)27-21(28-29)14-5-9-16(25)10-6-14/h3-10,20H,11-12H2,1-2H3,(H,26,27,28). The summed E-state index contributed by atoms with van der Waals surface area (Å²) in [6, 6.07) is 13.7. The number of anilines is 1. The Hall–Kier alpha value is -2.80. The maximum Gasteiger partial charge on any atom is 0.226 e.